The van der Waals surface area contributed by atoms with E-state index in [4.69, 9.17) is 4.74 Å². The number of aryl methyl sites for hydroxylation is 2. The van der Waals surface area contributed by atoms with Crippen LogP contribution in [0.1, 0.15) is 22.3 Å². The van der Waals surface area contributed by atoms with Gasteiger partial charge in [0.1, 0.15) is 34.3 Å². The van der Waals surface area contributed by atoms with E-state index in [1.165, 1.54) is 92.3 Å². The summed E-state index contributed by atoms with van der Waals surface area (Å²) in [6.07, 6.45) is 4.69. The van der Waals surface area contributed by atoms with E-state index >= 15 is 0 Å². The van der Waals surface area contributed by atoms with Crippen molar-refractivity contribution in [3.8, 4) is 34.0 Å². The molecule has 0 bridgehead atoms. The fourth-order valence-corrected chi connectivity index (χ4v) is 10.3. The van der Waals surface area contributed by atoms with Crippen LogP contribution in [0.5, 0.6) is 11.5 Å². The summed E-state index contributed by atoms with van der Waals surface area (Å²) in [5.41, 5.74) is 11.8. The molecule has 12 rings (SSSR count). The molecule has 1 atom stereocenters. The molecular formula is C41H25N3OS+2. The second-order valence-electron chi connectivity index (χ2n) is 13.0. The lowest BCUT2D eigenvalue weighted by molar-refractivity contribution is -0.950. The Morgan fingerprint density at radius 1 is 0.674 bits per heavy atom. The van der Waals surface area contributed by atoms with Crippen molar-refractivity contribution < 1.29 is 13.9 Å². The molecule has 9 aromatic rings. The summed E-state index contributed by atoms with van der Waals surface area (Å²) in [6.45, 7) is 4.49. The van der Waals surface area contributed by atoms with Gasteiger partial charge < -0.3 is 4.74 Å². The number of imidazole rings is 1. The Morgan fingerprint density at radius 3 is 2.41 bits per heavy atom. The molecule has 5 aromatic carbocycles. The predicted molar refractivity (Wildman–Crippen MR) is 184 cm³/mol. The van der Waals surface area contributed by atoms with Gasteiger partial charge in [-0.2, -0.15) is 8.97 Å². The fraction of sp³-hybridized carbons (Fsp3) is 0.0732. The summed E-state index contributed by atoms with van der Waals surface area (Å²) >= 11 is 1.88. The molecule has 4 nitrogen and oxygen atoms in total. The molecule has 1 unspecified atom stereocenters. The molecule has 0 fully saturated rings. The fourth-order valence-electron chi connectivity index (χ4n) is 9.19. The van der Waals surface area contributed by atoms with Gasteiger partial charge in [0.05, 0.1) is 10.9 Å². The zero-order valence-corrected chi connectivity index (χ0v) is 25.9. The number of rotatable bonds is 1. The van der Waals surface area contributed by atoms with E-state index in [0.717, 1.165) is 11.5 Å². The predicted octanol–water partition coefficient (Wildman–Crippen LogP) is 9.17. The Balaban J connectivity index is 1.38. The second-order valence-corrected chi connectivity index (χ2v) is 14.1. The molecule has 3 aliphatic heterocycles. The zero-order chi connectivity index (χ0) is 30.1. The quantitative estimate of drug-likeness (QED) is 0.135. The highest BCUT2D eigenvalue weighted by Gasteiger charge is 2.68. The minimum absolute atomic E-state index is 0.598. The SMILES string of the molecule is Cc1cccc(C)c1-c1c[n+]2c3c4c5c(ccc4c4cc6c(cc4n13)sc1ccccc16)Oc1cccc3c1C52[n+]1ccccc1-3. The van der Waals surface area contributed by atoms with E-state index in [2.05, 4.69) is 143 Å². The third-order valence-electron chi connectivity index (χ3n) is 10.9. The third-order valence-corrected chi connectivity index (χ3v) is 12.0. The topological polar surface area (TPSA) is 21.4 Å². The minimum atomic E-state index is -0.598. The maximum absolute atomic E-state index is 6.83. The largest absolute Gasteiger partial charge is 0.456 e. The van der Waals surface area contributed by atoms with Crippen molar-refractivity contribution in [1.29, 1.82) is 0 Å². The van der Waals surface area contributed by atoms with Crippen LogP contribution in [0.25, 0.3) is 70.0 Å². The lowest BCUT2D eigenvalue weighted by Gasteiger charge is -2.27. The molecule has 0 saturated carbocycles. The standard InChI is InChI=1S/C41H25N3OS/c1-22-9-7-10-23(2)36(22)31-21-43-40-37-25(27-19-28-24-11-3-4-15-34(24)46-35(28)20-30(27)44(31)40)16-17-33-39(37)41(43)38-26(12-8-14-32(38)45-33)29-13-5-6-18-42(29)41/h3-21H,1-2H3/q+2. The Hall–Kier alpha value is -5.52. The summed E-state index contributed by atoms with van der Waals surface area (Å²) in [5, 5.41) is 6.44. The van der Waals surface area contributed by atoms with Crippen molar-refractivity contribution in [3.05, 3.63) is 138 Å². The molecule has 0 amide bonds. The van der Waals surface area contributed by atoms with Gasteiger partial charge in [-0.05, 0) is 67.4 Å². The average Bonchev–Trinajstić information content (AvgIpc) is 3.80. The Labute approximate surface area is 267 Å². The Bertz CT molecular complexity index is 2910. The normalized spacial score (nSPS) is 16.7. The Morgan fingerprint density at radius 2 is 1.50 bits per heavy atom. The highest BCUT2D eigenvalue weighted by molar-refractivity contribution is 7.25. The maximum atomic E-state index is 6.83. The van der Waals surface area contributed by atoms with Gasteiger partial charge >= 0.3 is 11.3 Å². The molecule has 0 radical (unpaired) electrons. The number of pyridine rings is 2. The van der Waals surface area contributed by atoms with Gasteiger partial charge in [-0.15, -0.1) is 15.9 Å². The summed E-state index contributed by atoms with van der Waals surface area (Å²) < 4.78 is 17.1. The van der Waals surface area contributed by atoms with E-state index in [9.17, 15) is 0 Å². The van der Waals surface area contributed by atoms with Crippen LogP contribution in [0.4, 0.5) is 0 Å². The van der Waals surface area contributed by atoms with Crippen LogP contribution in [0.15, 0.2) is 116 Å². The van der Waals surface area contributed by atoms with Crippen LogP contribution in [-0.2, 0) is 5.66 Å². The third kappa shape index (κ3) is 2.42. The molecule has 4 aromatic heterocycles. The van der Waals surface area contributed by atoms with Crippen molar-refractivity contribution >= 4 is 58.8 Å². The minimum Gasteiger partial charge on any atom is -0.456 e. The lowest BCUT2D eigenvalue weighted by atomic mass is 9.85. The van der Waals surface area contributed by atoms with E-state index in [1.54, 1.807) is 0 Å². The van der Waals surface area contributed by atoms with Gasteiger partial charge in [-0.3, -0.25) is 0 Å². The number of hydrogen-bond donors (Lipinski definition) is 0. The van der Waals surface area contributed by atoms with Crippen molar-refractivity contribution in [2.45, 2.75) is 19.5 Å². The number of aromatic nitrogens is 3. The lowest BCUT2D eigenvalue weighted by Crippen LogP contribution is -2.71. The van der Waals surface area contributed by atoms with Crippen molar-refractivity contribution in [3.63, 3.8) is 0 Å². The zero-order valence-electron chi connectivity index (χ0n) is 25.1. The molecule has 214 valence electrons. The highest BCUT2D eigenvalue weighted by atomic mass is 32.1. The van der Waals surface area contributed by atoms with E-state index in [-0.39, 0.29) is 0 Å². The van der Waals surface area contributed by atoms with Crippen molar-refractivity contribution in [2.24, 2.45) is 0 Å². The van der Waals surface area contributed by atoms with Crippen LogP contribution < -0.4 is 13.9 Å². The molecule has 0 aliphatic carbocycles. The Kier molecular flexibility index (Phi) is 3.95. The maximum Gasteiger partial charge on any atom is 0.371 e. The molecule has 3 aliphatic rings. The van der Waals surface area contributed by atoms with Crippen molar-refractivity contribution in [2.75, 3.05) is 0 Å². The first-order valence-electron chi connectivity index (χ1n) is 15.9. The van der Waals surface area contributed by atoms with E-state index in [1.807, 2.05) is 11.3 Å². The van der Waals surface area contributed by atoms with Gasteiger partial charge in [0.2, 0.25) is 5.69 Å². The molecule has 0 saturated heterocycles. The van der Waals surface area contributed by atoms with Crippen LogP contribution in [-0.4, -0.2) is 4.40 Å². The summed E-state index contributed by atoms with van der Waals surface area (Å²) in [6, 6.07) is 38.0. The van der Waals surface area contributed by atoms with Gasteiger partial charge in [-0.1, -0.05) is 42.5 Å². The molecular weight excluding hydrogens is 583 g/mol. The molecule has 7 heterocycles. The number of hydrogen-bond acceptors (Lipinski definition) is 2. The second kappa shape index (κ2) is 7.64. The smallest absolute Gasteiger partial charge is 0.371 e. The number of ether oxygens (including phenoxy) is 1. The number of fused-ring (bicyclic) bond motifs is 8. The van der Waals surface area contributed by atoms with E-state index in [0.29, 0.717) is 0 Å². The highest BCUT2D eigenvalue weighted by Crippen LogP contribution is 2.58. The number of thiophene rings is 1. The molecule has 1 spiro atoms. The van der Waals surface area contributed by atoms with Gasteiger partial charge in [0.15, 0.2) is 11.9 Å². The van der Waals surface area contributed by atoms with Crippen LogP contribution in [0.2, 0.25) is 0 Å². The number of benzene rings is 5. The number of nitrogens with zero attached hydrogens (tertiary/aromatic N) is 3. The van der Waals surface area contributed by atoms with Gasteiger partial charge in [0, 0.05) is 54.7 Å². The van der Waals surface area contributed by atoms with Crippen LogP contribution in [0, 0.1) is 13.8 Å². The summed E-state index contributed by atoms with van der Waals surface area (Å²) in [4.78, 5) is 0. The van der Waals surface area contributed by atoms with Gasteiger partial charge in [0.25, 0.3) is 0 Å². The average molecular weight is 608 g/mol. The van der Waals surface area contributed by atoms with Crippen molar-refractivity contribution in [1.82, 2.24) is 4.40 Å². The summed E-state index contributed by atoms with van der Waals surface area (Å²) in [5.74, 6) is 1.86. The van der Waals surface area contributed by atoms with E-state index < -0.39 is 5.66 Å². The monoisotopic (exact) mass is 607 g/mol. The summed E-state index contributed by atoms with van der Waals surface area (Å²) in [7, 11) is 0. The molecule has 5 heteroatoms. The first kappa shape index (κ1) is 23.8. The molecule has 0 N–H and O–H groups in total. The van der Waals surface area contributed by atoms with Crippen LogP contribution in [0.3, 0.4) is 0 Å². The molecule has 46 heavy (non-hydrogen) atoms. The first-order valence-corrected chi connectivity index (χ1v) is 16.7. The first-order chi connectivity index (χ1) is 22.6. The van der Waals surface area contributed by atoms with Gasteiger partial charge in [-0.25, -0.2) is 0 Å². The van der Waals surface area contributed by atoms with Crippen LogP contribution >= 0.6 is 11.3 Å².